The highest BCUT2D eigenvalue weighted by atomic mass is 35.5. The van der Waals surface area contributed by atoms with Crippen LogP contribution in [0.5, 0.6) is 0 Å². The van der Waals surface area contributed by atoms with Crippen molar-refractivity contribution in [3.05, 3.63) is 59.1 Å². The molecule has 1 amide bonds. The largest absolute Gasteiger partial charge is 0.381 e. The van der Waals surface area contributed by atoms with Crippen molar-refractivity contribution >= 4 is 28.9 Å². The lowest BCUT2D eigenvalue weighted by Gasteiger charge is -2.17. The van der Waals surface area contributed by atoms with Crippen molar-refractivity contribution in [1.29, 1.82) is 0 Å². The van der Waals surface area contributed by atoms with E-state index in [4.69, 9.17) is 11.6 Å². The first kappa shape index (κ1) is 16.8. The van der Waals surface area contributed by atoms with Gasteiger partial charge in [0.15, 0.2) is 0 Å². The number of benzene rings is 2. The fourth-order valence-corrected chi connectivity index (χ4v) is 3.12. The van der Waals surface area contributed by atoms with Gasteiger partial charge in [-0.15, -0.1) is 0 Å². The highest BCUT2D eigenvalue weighted by Crippen LogP contribution is 2.20. The summed E-state index contributed by atoms with van der Waals surface area (Å²) >= 11 is 6.09. The Balaban J connectivity index is 1.48. The maximum Gasteiger partial charge on any atom is 0.238 e. The third-order valence-electron chi connectivity index (χ3n) is 4.24. The van der Waals surface area contributed by atoms with Gasteiger partial charge in [0.2, 0.25) is 5.91 Å². The van der Waals surface area contributed by atoms with Crippen molar-refractivity contribution in [2.24, 2.45) is 0 Å². The Bertz CT molecular complexity index is 705. The molecule has 0 bridgehead atoms. The van der Waals surface area contributed by atoms with Crippen LogP contribution in [0, 0.1) is 6.92 Å². The predicted octanol–water partition coefficient (Wildman–Crippen LogP) is 3.77. The molecule has 126 valence electrons. The Morgan fingerprint density at radius 3 is 2.75 bits per heavy atom. The molecule has 3 rings (SSSR count). The average molecular weight is 344 g/mol. The standard InChI is InChI=1S/C19H22ClN3O/c1-14-7-8-16(11-18(14)20)22-19(24)13-23-10-9-17(12-23)21-15-5-3-2-4-6-15/h2-8,11,17,21H,9-10,12-13H2,1H3,(H,22,24)/t17-/m0/s1. The van der Waals surface area contributed by atoms with Gasteiger partial charge < -0.3 is 10.6 Å². The Morgan fingerprint density at radius 1 is 1.21 bits per heavy atom. The zero-order valence-electron chi connectivity index (χ0n) is 13.8. The van der Waals surface area contributed by atoms with Gasteiger partial charge in [0.25, 0.3) is 0 Å². The maximum atomic E-state index is 12.2. The summed E-state index contributed by atoms with van der Waals surface area (Å²) < 4.78 is 0. The molecule has 0 unspecified atom stereocenters. The van der Waals surface area contributed by atoms with Gasteiger partial charge in [0.1, 0.15) is 0 Å². The fraction of sp³-hybridized carbons (Fsp3) is 0.316. The van der Waals surface area contributed by atoms with Crippen LogP contribution >= 0.6 is 11.6 Å². The van der Waals surface area contributed by atoms with Crippen LogP contribution in [0.15, 0.2) is 48.5 Å². The Hall–Kier alpha value is -2.04. The number of hydrogen-bond donors (Lipinski definition) is 2. The Labute approximate surface area is 147 Å². The number of rotatable bonds is 5. The molecule has 1 saturated heterocycles. The number of nitrogens with one attached hydrogen (secondary N) is 2. The van der Waals surface area contributed by atoms with E-state index in [1.165, 1.54) is 0 Å². The summed E-state index contributed by atoms with van der Waals surface area (Å²) in [5, 5.41) is 7.10. The molecule has 0 radical (unpaired) electrons. The van der Waals surface area contributed by atoms with Crippen molar-refractivity contribution < 1.29 is 4.79 Å². The van der Waals surface area contributed by atoms with E-state index in [-0.39, 0.29) is 5.91 Å². The first-order valence-corrected chi connectivity index (χ1v) is 8.58. The summed E-state index contributed by atoms with van der Waals surface area (Å²) in [5.74, 6) is -0.00437. The lowest BCUT2D eigenvalue weighted by Crippen LogP contribution is -2.33. The molecule has 0 aromatic heterocycles. The topological polar surface area (TPSA) is 44.4 Å². The number of anilines is 2. The minimum atomic E-state index is -0.00437. The van der Waals surface area contributed by atoms with Gasteiger partial charge in [0.05, 0.1) is 6.54 Å². The number of carbonyl (C=O) groups excluding carboxylic acids is 1. The third-order valence-corrected chi connectivity index (χ3v) is 4.65. The number of para-hydroxylation sites is 1. The minimum Gasteiger partial charge on any atom is -0.381 e. The average Bonchev–Trinajstić information content (AvgIpc) is 2.99. The zero-order chi connectivity index (χ0) is 16.9. The fourth-order valence-electron chi connectivity index (χ4n) is 2.94. The van der Waals surface area contributed by atoms with E-state index < -0.39 is 0 Å². The molecule has 0 spiro atoms. The normalized spacial score (nSPS) is 17.7. The number of hydrogen-bond acceptors (Lipinski definition) is 3. The van der Waals surface area contributed by atoms with Gasteiger partial charge in [-0.05, 0) is 43.2 Å². The maximum absolute atomic E-state index is 12.2. The molecule has 2 aromatic rings. The number of carbonyl (C=O) groups is 1. The summed E-state index contributed by atoms with van der Waals surface area (Å²) in [6.07, 6.45) is 1.04. The SMILES string of the molecule is Cc1ccc(NC(=O)CN2CC[C@H](Nc3ccccc3)C2)cc1Cl. The van der Waals surface area contributed by atoms with Gasteiger partial charge in [-0.2, -0.15) is 0 Å². The molecule has 1 heterocycles. The van der Waals surface area contributed by atoms with E-state index in [1.807, 2.05) is 37.3 Å². The van der Waals surface area contributed by atoms with Crippen LogP contribution in [-0.4, -0.2) is 36.5 Å². The number of aryl methyl sites for hydroxylation is 1. The third kappa shape index (κ3) is 4.49. The zero-order valence-corrected chi connectivity index (χ0v) is 14.5. The highest BCUT2D eigenvalue weighted by molar-refractivity contribution is 6.31. The lowest BCUT2D eigenvalue weighted by atomic mass is 10.2. The van der Waals surface area contributed by atoms with Crippen molar-refractivity contribution in [2.45, 2.75) is 19.4 Å². The van der Waals surface area contributed by atoms with E-state index in [1.54, 1.807) is 6.07 Å². The molecule has 5 heteroatoms. The van der Waals surface area contributed by atoms with Crippen molar-refractivity contribution in [2.75, 3.05) is 30.3 Å². The van der Waals surface area contributed by atoms with Crippen LogP contribution < -0.4 is 10.6 Å². The molecule has 1 fully saturated rings. The summed E-state index contributed by atoms with van der Waals surface area (Å²) in [6.45, 7) is 4.14. The van der Waals surface area contributed by atoms with Gasteiger partial charge in [0, 0.05) is 35.5 Å². The number of amides is 1. The van der Waals surface area contributed by atoms with Crippen LogP contribution in [0.4, 0.5) is 11.4 Å². The first-order chi connectivity index (χ1) is 11.6. The smallest absolute Gasteiger partial charge is 0.238 e. The Kier molecular flexibility index (Phi) is 5.38. The van der Waals surface area contributed by atoms with Crippen molar-refractivity contribution in [1.82, 2.24) is 4.90 Å². The van der Waals surface area contributed by atoms with Gasteiger partial charge in [-0.1, -0.05) is 35.9 Å². The van der Waals surface area contributed by atoms with E-state index in [2.05, 4.69) is 27.7 Å². The quantitative estimate of drug-likeness (QED) is 0.868. The Morgan fingerprint density at radius 2 is 2.00 bits per heavy atom. The molecule has 2 aromatic carbocycles. The summed E-state index contributed by atoms with van der Waals surface area (Å²) in [5.41, 5.74) is 2.88. The molecule has 1 aliphatic rings. The summed E-state index contributed by atoms with van der Waals surface area (Å²) in [7, 11) is 0. The van der Waals surface area contributed by atoms with Gasteiger partial charge >= 0.3 is 0 Å². The van der Waals surface area contributed by atoms with Crippen molar-refractivity contribution in [3.63, 3.8) is 0 Å². The number of nitrogens with zero attached hydrogens (tertiary/aromatic N) is 1. The minimum absolute atomic E-state index is 0.00437. The van der Waals surface area contributed by atoms with Crippen LogP contribution in [0.25, 0.3) is 0 Å². The van der Waals surface area contributed by atoms with E-state index in [9.17, 15) is 4.79 Å². The lowest BCUT2D eigenvalue weighted by molar-refractivity contribution is -0.117. The monoisotopic (exact) mass is 343 g/mol. The first-order valence-electron chi connectivity index (χ1n) is 8.20. The highest BCUT2D eigenvalue weighted by Gasteiger charge is 2.23. The van der Waals surface area contributed by atoms with Crippen LogP contribution in [0.2, 0.25) is 5.02 Å². The molecule has 1 atom stereocenters. The van der Waals surface area contributed by atoms with Gasteiger partial charge in [-0.3, -0.25) is 9.69 Å². The molecule has 1 aliphatic heterocycles. The molecule has 0 aliphatic carbocycles. The number of likely N-dealkylation sites (tertiary alicyclic amines) is 1. The predicted molar refractivity (Wildman–Crippen MR) is 99.7 cm³/mol. The van der Waals surface area contributed by atoms with E-state index in [0.717, 1.165) is 36.4 Å². The molecule has 4 nitrogen and oxygen atoms in total. The van der Waals surface area contributed by atoms with E-state index >= 15 is 0 Å². The van der Waals surface area contributed by atoms with Crippen LogP contribution in [0.3, 0.4) is 0 Å². The van der Waals surface area contributed by atoms with Crippen LogP contribution in [-0.2, 0) is 4.79 Å². The van der Waals surface area contributed by atoms with Gasteiger partial charge in [-0.25, -0.2) is 0 Å². The van der Waals surface area contributed by atoms with Crippen molar-refractivity contribution in [3.8, 4) is 0 Å². The summed E-state index contributed by atoms with van der Waals surface area (Å²) in [6, 6.07) is 16.1. The summed E-state index contributed by atoms with van der Waals surface area (Å²) in [4.78, 5) is 14.4. The second kappa shape index (κ2) is 7.69. The molecule has 0 saturated carbocycles. The second-order valence-electron chi connectivity index (χ2n) is 6.24. The molecular formula is C19H22ClN3O. The number of halogens is 1. The van der Waals surface area contributed by atoms with E-state index in [0.29, 0.717) is 17.6 Å². The second-order valence-corrected chi connectivity index (χ2v) is 6.65. The molecule has 2 N–H and O–H groups in total. The van der Waals surface area contributed by atoms with Crippen LogP contribution in [0.1, 0.15) is 12.0 Å². The molecule has 24 heavy (non-hydrogen) atoms. The molecular weight excluding hydrogens is 322 g/mol.